The van der Waals surface area contributed by atoms with E-state index in [1.165, 1.54) is 35.9 Å². The van der Waals surface area contributed by atoms with E-state index in [-0.39, 0.29) is 28.3 Å². The fourth-order valence-corrected chi connectivity index (χ4v) is 5.20. The maximum Gasteiger partial charge on any atom is 0.343 e. The van der Waals surface area contributed by atoms with Gasteiger partial charge >= 0.3 is 11.7 Å². The second-order valence-corrected chi connectivity index (χ2v) is 9.45. The van der Waals surface area contributed by atoms with E-state index in [0.29, 0.717) is 33.8 Å². The van der Waals surface area contributed by atoms with Gasteiger partial charge in [-0.15, -0.1) is 0 Å². The van der Waals surface area contributed by atoms with Crippen LogP contribution in [0.15, 0.2) is 88.0 Å². The van der Waals surface area contributed by atoms with E-state index >= 15 is 0 Å². The normalized spacial score (nSPS) is 15.2. The van der Waals surface area contributed by atoms with Gasteiger partial charge in [-0.05, 0) is 29.8 Å². The number of esters is 1. The number of hydrogen-bond acceptors (Lipinski definition) is 8. The molecule has 4 aromatic rings. The summed E-state index contributed by atoms with van der Waals surface area (Å²) in [7, 11) is 2.94. The largest absolute Gasteiger partial charge is 0.423 e. The molecule has 1 aromatic heterocycles. The number of carbonyl (C=O) groups excluding carboxylic acids is 2. The van der Waals surface area contributed by atoms with Gasteiger partial charge in [0.05, 0.1) is 21.7 Å². The average Bonchev–Trinajstić information content (AvgIpc) is 3.26. The number of Topliss-reactive ketones (excluding diaryl/α,β-unsaturated/α-hetero) is 1. The highest BCUT2D eigenvalue weighted by atomic mass is 16.6. The lowest BCUT2D eigenvalue weighted by Crippen LogP contribution is -2.42. The Morgan fingerprint density at radius 2 is 1.55 bits per heavy atom. The Kier molecular flexibility index (Phi) is 5.58. The van der Waals surface area contributed by atoms with Gasteiger partial charge in [0.15, 0.2) is 5.78 Å². The van der Waals surface area contributed by atoms with Crippen molar-refractivity contribution in [3.8, 4) is 5.75 Å². The predicted octanol–water partition coefficient (Wildman–Crippen LogP) is 3.38. The number of anilines is 1. The van der Waals surface area contributed by atoms with Crippen molar-refractivity contribution < 1.29 is 19.2 Å². The van der Waals surface area contributed by atoms with Crippen LogP contribution in [0.1, 0.15) is 43.3 Å². The first-order chi connectivity index (χ1) is 19.2. The van der Waals surface area contributed by atoms with E-state index in [0.717, 1.165) is 4.57 Å². The lowest BCUT2D eigenvalue weighted by atomic mass is 9.81. The first kappa shape index (κ1) is 24.7. The summed E-state index contributed by atoms with van der Waals surface area (Å²) in [6, 6.07) is 18.5. The van der Waals surface area contributed by atoms with E-state index in [1.807, 2.05) is 12.1 Å². The van der Waals surface area contributed by atoms with Gasteiger partial charge in [-0.1, -0.05) is 36.4 Å². The molecule has 0 saturated heterocycles. The Morgan fingerprint density at radius 3 is 2.20 bits per heavy atom. The molecule has 1 N–H and O–H groups in total. The van der Waals surface area contributed by atoms with Crippen molar-refractivity contribution in [1.29, 1.82) is 0 Å². The summed E-state index contributed by atoms with van der Waals surface area (Å²) in [5.74, 6) is -1.22. The standard InChI is InChI=1S/C29H20N4O7/c1-31-26-23(27(35)32(2)29(31)37)21(22-24(30-26)19-5-3-4-6-20(19)25(22)34)15-9-13-18(14-10-15)40-28(36)16-7-11-17(12-8-16)33(38)39/h3-14,21,30H,1-2H3. The topological polar surface area (TPSA) is 143 Å². The van der Waals surface area contributed by atoms with Crippen LogP contribution in [0.2, 0.25) is 0 Å². The molecule has 11 heteroatoms. The Hall–Kier alpha value is -5.58. The van der Waals surface area contributed by atoms with E-state index in [4.69, 9.17) is 4.74 Å². The highest BCUT2D eigenvalue weighted by Crippen LogP contribution is 2.47. The molecule has 1 atom stereocenters. The third-order valence-electron chi connectivity index (χ3n) is 7.21. The summed E-state index contributed by atoms with van der Waals surface area (Å²) in [6.45, 7) is 0. The summed E-state index contributed by atoms with van der Waals surface area (Å²) in [6.07, 6.45) is 0. The second kappa shape index (κ2) is 9.02. The number of nitrogens with zero attached hydrogens (tertiary/aromatic N) is 3. The highest BCUT2D eigenvalue weighted by molar-refractivity contribution is 6.23. The van der Waals surface area contributed by atoms with E-state index in [2.05, 4.69) is 5.32 Å². The summed E-state index contributed by atoms with van der Waals surface area (Å²) >= 11 is 0. The monoisotopic (exact) mass is 536 g/mol. The van der Waals surface area contributed by atoms with Crippen molar-refractivity contribution in [2.45, 2.75) is 5.92 Å². The number of hydrogen-bond donors (Lipinski definition) is 1. The van der Waals surface area contributed by atoms with Gasteiger partial charge in [0.2, 0.25) is 0 Å². The van der Waals surface area contributed by atoms with Crippen LogP contribution in [0.3, 0.4) is 0 Å². The number of non-ortho nitro benzene ring substituents is 1. The summed E-state index contributed by atoms with van der Waals surface area (Å²) in [4.78, 5) is 62.7. The highest BCUT2D eigenvalue weighted by Gasteiger charge is 2.42. The molecule has 0 spiro atoms. The predicted molar refractivity (Wildman–Crippen MR) is 145 cm³/mol. The molecule has 2 aliphatic rings. The third kappa shape index (κ3) is 3.67. The Bertz CT molecular complexity index is 1920. The number of nitro groups is 1. The Morgan fingerprint density at radius 1 is 0.900 bits per heavy atom. The number of ether oxygens (including phenoxy) is 1. The molecule has 0 saturated carbocycles. The quantitative estimate of drug-likeness (QED) is 0.181. The van der Waals surface area contributed by atoms with Gasteiger partial charge in [0.1, 0.15) is 11.6 Å². The van der Waals surface area contributed by atoms with Crippen LogP contribution in [0.5, 0.6) is 5.75 Å². The summed E-state index contributed by atoms with van der Waals surface area (Å²) in [5, 5.41) is 14.1. The molecule has 6 rings (SSSR count). The van der Waals surface area contributed by atoms with Crippen molar-refractivity contribution in [3.05, 3.63) is 137 Å². The number of nitrogens with one attached hydrogen (secondary N) is 1. The van der Waals surface area contributed by atoms with Crippen molar-refractivity contribution in [3.63, 3.8) is 0 Å². The average molecular weight is 537 g/mol. The van der Waals surface area contributed by atoms with Crippen molar-refractivity contribution in [2.24, 2.45) is 14.1 Å². The molecule has 0 amide bonds. The van der Waals surface area contributed by atoms with Gasteiger partial charge in [0, 0.05) is 48.8 Å². The van der Waals surface area contributed by atoms with Crippen LogP contribution >= 0.6 is 0 Å². The SMILES string of the molecule is Cn1c2c(c(=O)n(C)c1=O)C(c1ccc(OC(=O)c3ccc([N+](=O)[O-])cc3)cc1)C1=C(N2)c2ccccc2C1=O. The fraction of sp³-hybridized carbons (Fsp3) is 0.103. The number of carbonyl (C=O) groups is 2. The molecule has 11 nitrogen and oxygen atoms in total. The Labute approximate surface area is 225 Å². The van der Waals surface area contributed by atoms with Crippen LogP contribution < -0.4 is 21.3 Å². The van der Waals surface area contributed by atoms with E-state index < -0.39 is 28.1 Å². The zero-order chi connectivity index (χ0) is 28.3. The summed E-state index contributed by atoms with van der Waals surface area (Å²) in [5.41, 5.74) is 1.88. The molecule has 1 aliphatic heterocycles. The van der Waals surface area contributed by atoms with Crippen LogP contribution in [0.4, 0.5) is 11.5 Å². The minimum atomic E-state index is -0.795. The minimum absolute atomic E-state index is 0.135. The van der Waals surface area contributed by atoms with Gasteiger partial charge in [-0.25, -0.2) is 9.59 Å². The number of rotatable bonds is 4. The number of aromatic nitrogens is 2. The lowest BCUT2D eigenvalue weighted by molar-refractivity contribution is -0.384. The van der Waals surface area contributed by atoms with Crippen LogP contribution in [0.25, 0.3) is 5.70 Å². The van der Waals surface area contributed by atoms with Crippen molar-refractivity contribution in [1.82, 2.24) is 9.13 Å². The second-order valence-electron chi connectivity index (χ2n) is 9.45. The molecule has 0 radical (unpaired) electrons. The number of benzene rings is 3. The molecule has 198 valence electrons. The molecule has 0 fully saturated rings. The van der Waals surface area contributed by atoms with Crippen LogP contribution in [-0.4, -0.2) is 25.8 Å². The fourth-order valence-electron chi connectivity index (χ4n) is 5.20. The number of ketones is 1. The van der Waals surface area contributed by atoms with Crippen molar-refractivity contribution in [2.75, 3.05) is 5.32 Å². The van der Waals surface area contributed by atoms with Crippen LogP contribution in [-0.2, 0) is 14.1 Å². The molecule has 0 bridgehead atoms. The lowest BCUT2D eigenvalue weighted by Gasteiger charge is -2.29. The number of fused-ring (bicyclic) bond motifs is 3. The molecular weight excluding hydrogens is 516 g/mol. The summed E-state index contributed by atoms with van der Waals surface area (Å²) < 4.78 is 7.79. The minimum Gasteiger partial charge on any atom is -0.423 e. The van der Waals surface area contributed by atoms with Crippen molar-refractivity contribution >= 4 is 29.0 Å². The van der Waals surface area contributed by atoms with E-state index in [9.17, 15) is 29.3 Å². The Balaban J connectivity index is 1.42. The zero-order valence-electron chi connectivity index (χ0n) is 21.2. The maximum absolute atomic E-state index is 13.6. The molecular formula is C29H20N4O7. The first-order valence-corrected chi connectivity index (χ1v) is 12.2. The number of nitro benzene ring substituents is 1. The zero-order valence-corrected chi connectivity index (χ0v) is 21.2. The molecule has 1 unspecified atom stereocenters. The van der Waals surface area contributed by atoms with Gasteiger partial charge < -0.3 is 10.1 Å². The van der Waals surface area contributed by atoms with Gasteiger partial charge in [-0.2, -0.15) is 0 Å². The smallest absolute Gasteiger partial charge is 0.343 e. The van der Waals surface area contributed by atoms with Crippen LogP contribution in [0, 0.1) is 10.1 Å². The molecule has 2 heterocycles. The first-order valence-electron chi connectivity index (χ1n) is 12.2. The maximum atomic E-state index is 13.6. The molecule has 1 aliphatic carbocycles. The third-order valence-corrected chi connectivity index (χ3v) is 7.21. The molecule has 3 aromatic carbocycles. The van der Waals surface area contributed by atoms with E-state index in [1.54, 1.807) is 43.4 Å². The van der Waals surface area contributed by atoms with Gasteiger partial charge in [-0.3, -0.25) is 28.8 Å². The van der Waals surface area contributed by atoms with Gasteiger partial charge in [0.25, 0.3) is 11.2 Å². The molecule has 40 heavy (non-hydrogen) atoms. The number of allylic oxidation sites excluding steroid dienone is 1.